The monoisotopic (exact) mass is 255 g/mol. The molecule has 0 fully saturated rings. The van der Waals surface area contributed by atoms with E-state index in [0.29, 0.717) is 29.0 Å². The van der Waals surface area contributed by atoms with Crippen LogP contribution in [0.15, 0.2) is 18.2 Å². The van der Waals surface area contributed by atoms with Gasteiger partial charge in [0.25, 0.3) is 5.91 Å². The lowest BCUT2D eigenvalue weighted by atomic mass is 9.98. The molecule has 94 valence electrons. The Balaban J connectivity index is 2.67. The van der Waals surface area contributed by atoms with E-state index in [1.54, 1.807) is 0 Å². The largest absolute Gasteiger partial charge is 0.508 e. The van der Waals surface area contributed by atoms with Crippen LogP contribution in [0.3, 0.4) is 0 Å². The molecule has 1 atom stereocenters. The molecule has 1 rings (SSSR count). The van der Waals surface area contributed by atoms with Crippen LogP contribution in [0.1, 0.15) is 31.1 Å². The van der Waals surface area contributed by atoms with E-state index in [0.717, 1.165) is 0 Å². The first-order chi connectivity index (χ1) is 7.91. The third-order valence-corrected chi connectivity index (χ3v) is 3.25. The molecule has 3 nitrogen and oxygen atoms in total. The van der Waals surface area contributed by atoms with Gasteiger partial charge in [-0.15, -0.1) is 0 Å². The van der Waals surface area contributed by atoms with Crippen molar-refractivity contribution in [3.63, 3.8) is 0 Å². The molecule has 1 aromatic carbocycles. The number of amides is 1. The summed E-state index contributed by atoms with van der Waals surface area (Å²) in [5.74, 6) is 0.694. The minimum Gasteiger partial charge on any atom is -0.508 e. The fraction of sp³-hybridized carbons (Fsp3) is 0.462. The summed E-state index contributed by atoms with van der Waals surface area (Å²) in [6.07, 6.45) is 0. The lowest BCUT2D eigenvalue weighted by Gasteiger charge is -2.16. The number of halogens is 1. The van der Waals surface area contributed by atoms with Crippen molar-refractivity contribution in [2.75, 3.05) is 6.54 Å². The van der Waals surface area contributed by atoms with Gasteiger partial charge in [-0.3, -0.25) is 4.79 Å². The number of phenols is 1. The maximum Gasteiger partial charge on any atom is 0.252 e. The number of benzene rings is 1. The molecule has 4 heteroatoms. The summed E-state index contributed by atoms with van der Waals surface area (Å²) in [7, 11) is 0. The van der Waals surface area contributed by atoms with Crippen LogP contribution in [0.25, 0.3) is 0 Å². The number of carbonyl (C=O) groups is 1. The second-order valence-corrected chi connectivity index (χ2v) is 5.00. The molecule has 17 heavy (non-hydrogen) atoms. The number of aromatic hydroxyl groups is 1. The van der Waals surface area contributed by atoms with E-state index < -0.39 is 0 Å². The van der Waals surface area contributed by atoms with E-state index in [9.17, 15) is 9.90 Å². The zero-order valence-corrected chi connectivity index (χ0v) is 11.1. The fourth-order valence-electron chi connectivity index (χ4n) is 1.27. The Kier molecular flexibility index (Phi) is 4.82. The van der Waals surface area contributed by atoms with Gasteiger partial charge in [0.1, 0.15) is 5.75 Å². The van der Waals surface area contributed by atoms with Gasteiger partial charge in [-0.25, -0.2) is 0 Å². The first-order valence-corrected chi connectivity index (χ1v) is 6.06. The van der Waals surface area contributed by atoms with E-state index in [-0.39, 0.29) is 11.7 Å². The van der Waals surface area contributed by atoms with Crippen molar-refractivity contribution < 1.29 is 9.90 Å². The number of hydrogen-bond donors (Lipinski definition) is 2. The first-order valence-electron chi connectivity index (χ1n) is 5.68. The van der Waals surface area contributed by atoms with Gasteiger partial charge in [0.05, 0.1) is 10.6 Å². The minimum absolute atomic E-state index is 0.0384. The normalized spacial score (nSPS) is 12.5. The summed E-state index contributed by atoms with van der Waals surface area (Å²) in [5.41, 5.74) is 0.308. The summed E-state index contributed by atoms with van der Waals surface area (Å²) < 4.78 is 0. The first kappa shape index (κ1) is 13.8. The Morgan fingerprint density at radius 1 is 1.41 bits per heavy atom. The van der Waals surface area contributed by atoms with E-state index >= 15 is 0 Å². The molecule has 1 amide bonds. The van der Waals surface area contributed by atoms with E-state index in [2.05, 4.69) is 26.1 Å². The van der Waals surface area contributed by atoms with Crippen LogP contribution in [0.4, 0.5) is 0 Å². The van der Waals surface area contributed by atoms with Crippen LogP contribution < -0.4 is 5.32 Å². The zero-order valence-electron chi connectivity index (χ0n) is 10.3. The molecule has 0 radical (unpaired) electrons. The Labute approximate surface area is 107 Å². The van der Waals surface area contributed by atoms with Crippen LogP contribution in [0, 0.1) is 11.8 Å². The van der Waals surface area contributed by atoms with Gasteiger partial charge >= 0.3 is 0 Å². The van der Waals surface area contributed by atoms with E-state index in [4.69, 9.17) is 11.6 Å². The van der Waals surface area contributed by atoms with Crippen molar-refractivity contribution in [3.8, 4) is 5.75 Å². The second-order valence-electron chi connectivity index (χ2n) is 4.60. The lowest BCUT2D eigenvalue weighted by molar-refractivity contribution is 0.0944. The highest BCUT2D eigenvalue weighted by Crippen LogP contribution is 2.21. The molecular formula is C13H18ClNO2. The highest BCUT2D eigenvalue weighted by Gasteiger charge is 2.13. The van der Waals surface area contributed by atoms with E-state index in [1.165, 1.54) is 18.2 Å². The SMILES string of the molecule is CC(C)C(C)CNC(=O)c1cc(O)ccc1Cl. The molecule has 1 unspecified atom stereocenters. The van der Waals surface area contributed by atoms with Crippen LogP contribution >= 0.6 is 11.6 Å². The van der Waals surface area contributed by atoms with Crippen molar-refractivity contribution in [1.82, 2.24) is 5.32 Å². The molecule has 0 aromatic heterocycles. The van der Waals surface area contributed by atoms with Crippen LogP contribution in [-0.4, -0.2) is 17.6 Å². The third kappa shape index (κ3) is 3.93. The summed E-state index contributed by atoms with van der Waals surface area (Å²) in [6.45, 7) is 6.90. The molecule has 1 aromatic rings. The maximum atomic E-state index is 11.8. The molecule has 0 bridgehead atoms. The summed E-state index contributed by atoms with van der Waals surface area (Å²) in [5, 5.41) is 12.5. The fourth-order valence-corrected chi connectivity index (χ4v) is 1.48. The predicted molar refractivity (Wildman–Crippen MR) is 69.5 cm³/mol. The Morgan fingerprint density at radius 3 is 2.65 bits per heavy atom. The highest BCUT2D eigenvalue weighted by atomic mass is 35.5. The summed E-state index contributed by atoms with van der Waals surface area (Å²) >= 11 is 5.90. The number of nitrogens with one attached hydrogen (secondary N) is 1. The Morgan fingerprint density at radius 2 is 2.06 bits per heavy atom. The molecular weight excluding hydrogens is 238 g/mol. The minimum atomic E-state index is -0.251. The van der Waals surface area contributed by atoms with Crippen LogP contribution in [0.2, 0.25) is 5.02 Å². The van der Waals surface area contributed by atoms with Gasteiger partial charge in [0.2, 0.25) is 0 Å². The quantitative estimate of drug-likeness (QED) is 0.869. The third-order valence-electron chi connectivity index (χ3n) is 2.92. The standard InChI is InChI=1S/C13H18ClNO2/c1-8(2)9(3)7-15-13(17)11-6-10(16)4-5-12(11)14/h4-6,8-9,16H,7H2,1-3H3,(H,15,17). The average molecular weight is 256 g/mol. The molecule has 0 heterocycles. The average Bonchev–Trinajstić information content (AvgIpc) is 2.28. The topological polar surface area (TPSA) is 49.3 Å². The number of carbonyl (C=O) groups excluding carboxylic acids is 1. The number of phenolic OH excluding ortho intramolecular Hbond substituents is 1. The molecule has 0 aliphatic rings. The van der Waals surface area contributed by atoms with Crippen molar-refractivity contribution in [2.24, 2.45) is 11.8 Å². The predicted octanol–water partition coefficient (Wildman–Crippen LogP) is 3.07. The van der Waals surface area contributed by atoms with Gasteiger partial charge in [-0.2, -0.15) is 0 Å². The van der Waals surface area contributed by atoms with Crippen molar-refractivity contribution >= 4 is 17.5 Å². The molecule has 0 saturated carbocycles. The van der Waals surface area contributed by atoms with E-state index in [1.807, 2.05) is 0 Å². The van der Waals surface area contributed by atoms with Gasteiger partial charge < -0.3 is 10.4 Å². The molecule has 0 spiro atoms. The van der Waals surface area contributed by atoms with Gasteiger partial charge in [-0.1, -0.05) is 32.4 Å². The summed E-state index contributed by atoms with van der Waals surface area (Å²) in [6, 6.07) is 4.34. The molecule has 2 N–H and O–H groups in total. The van der Waals surface area contributed by atoms with Crippen molar-refractivity contribution in [2.45, 2.75) is 20.8 Å². The number of hydrogen-bond acceptors (Lipinski definition) is 2. The van der Waals surface area contributed by atoms with Gasteiger partial charge in [-0.05, 0) is 30.0 Å². The lowest BCUT2D eigenvalue weighted by Crippen LogP contribution is -2.30. The molecule has 0 aliphatic carbocycles. The Hall–Kier alpha value is -1.22. The zero-order chi connectivity index (χ0) is 13.0. The molecule has 0 saturated heterocycles. The van der Waals surface area contributed by atoms with Crippen LogP contribution in [-0.2, 0) is 0 Å². The highest BCUT2D eigenvalue weighted by molar-refractivity contribution is 6.33. The second kappa shape index (κ2) is 5.92. The van der Waals surface area contributed by atoms with Gasteiger partial charge in [0.15, 0.2) is 0 Å². The Bertz CT molecular complexity index is 404. The number of rotatable bonds is 4. The van der Waals surface area contributed by atoms with Crippen molar-refractivity contribution in [1.29, 1.82) is 0 Å². The van der Waals surface area contributed by atoms with Crippen molar-refractivity contribution in [3.05, 3.63) is 28.8 Å². The summed E-state index contributed by atoms with van der Waals surface area (Å²) in [4.78, 5) is 11.8. The smallest absolute Gasteiger partial charge is 0.252 e. The maximum absolute atomic E-state index is 11.8. The van der Waals surface area contributed by atoms with Gasteiger partial charge in [0, 0.05) is 6.54 Å². The molecule has 0 aliphatic heterocycles. The van der Waals surface area contributed by atoms with Crippen LogP contribution in [0.5, 0.6) is 5.75 Å².